The second kappa shape index (κ2) is 7.43. The van der Waals surface area contributed by atoms with Gasteiger partial charge in [0.25, 0.3) is 0 Å². The molecule has 1 N–H and O–H groups in total. The van der Waals surface area contributed by atoms with Gasteiger partial charge in [-0.1, -0.05) is 24.3 Å². The van der Waals surface area contributed by atoms with Gasteiger partial charge in [0, 0.05) is 13.2 Å². The minimum absolute atomic E-state index is 0.175. The molecule has 0 saturated carbocycles. The maximum Gasteiger partial charge on any atom is 0.417 e. The van der Waals surface area contributed by atoms with Crippen LogP contribution in [0, 0.1) is 12.8 Å². The Hall–Kier alpha value is -2.60. The molecule has 3 nitrogen and oxygen atoms in total. The number of aromatic nitrogens is 2. The summed E-state index contributed by atoms with van der Waals surface area (Å²) in [5, 5.41) is 0. The molecule has 4 rings (SSSR count). The van der Waals surface area contributed by atoms with Gasteiger partial charge < -0.3 is 9.72 Å². The number of aromatic amines is 1. The van der Waals surface area contributed by atoms with Crippen LogP contribution >= 0.6 is 0 Å². The van der Waals surface area contributed by atoms with Crippen molar-refractivity contribution < 1.29 is 17.9 Å². The molecule has 146 valence electrons. The number of allylic oxidation sites excluding steroid dienone is 1. The summed E-state index contributed by atoms with van der Waals surface area (Å²) in [4.78, 5) is 7.84. The Balaban J connectivity index is 1.71. The molecule has 0 spiro atoms. The second-order valence-electron chi connectivity index (χ2n) is 7.16. The third kappa shape index (κ3) is 3.83. The fraction of sp³-hybridized carbons (Fsp3) is 0.318. The SMILES string of the molecule is Cc1cc(-c2ccccc2C(F)(F)F)cc2[nH]c(/C=C/C3CCOCC3)nc12. The average Bonchev–Trinajstić information content (AvgIpc) is 3.10. The van der Waals surface area contributed by atoms with Crippen molar-refractivity contribution in [3.63, 3.8) is 0 Å². The normalized spacial score (nSPS) is 16.3. The Morgan fingerprint density at radius 2 is 1.89 bits per heavy atom. The molecule has 0 amide bonds. The zero-order valence-corrected chi connectivity index (χ0v) is 15.5. The van der Waals surface area contributed by atoms with Crippen molar-refractivity contribution in [3.8, 4) is 11.1 Å². The van der Waals surface area contributed by atoms with Crippen LogP contribution in [0.4, 0.5) is 13.2 Å². The number of nitrogens with one attached hydrogen (secondary N) is 1. The van der Waals surface area contributed by atoms with Crippen molar-refractivity contribution in [2.24, 2.45) is 5.92 Å². The smallest absolute Gasteiger partial charge is 0.381 e. The number of ether oxygens (including phenoxy) is 1. The summed E-state index contributed by atoms with van der Waals surface area (Å²) in [6.45, 7) is 3.42. The quantitative estimate of drug-likeness (QED) is 0.600. The second-order valence-corrected chi connectivity index (χ2v) is 7.16. The lowest BCUT2D eigenvalue weighted by Crippen LogP contribution is -2.13. The molecule has 1 aliphatic rings. The minimum Gasteiger partial charge on any atom is -0.381 e. The van der Waals surface area contributed by atoms with E-state index in [2.05, 4.69) is 16.0 Å². The van der Waals surface area contributed by atoms with Gasteiger partial charge in [0.1, 0.15) is 5.82 Å². The predicted octanol–water partition coefficient (Wildman–Crippen LogP) is 6.00. The van der Waals surface area contributed by atoms with Gasteiger partial charge >= 0.3 is 6.18 Å². The van der Waals surface area contributed by atoms with Gasteiger partial charge in [-0.2, -0.15) is 13.2 Å². The third-order valence-electron chi connectivity index (χ3n) is 5.13. The summed E-state index contributed by atoms with van der Waals surface area (Å²) < 4.78 is 45.5. The summed E-state index contributed by atoms with van der Waals surface area (Å²) in [7, 11) is 0. The van der Waals surface area contributed by atoms with Crippen LogP contribution in [0.5, 0.6) is 0 Å². The van der Waals surface area contributed by atoms with Crippen LogP contribution in [-0.2, 0) is 10.9 Å². The topological polar surface area (TPSA) is 37.9 Å². The number of hydrogen-bond acceptors (Lipinski definition) is 2. The highest BCUT2D eigenvalue weighted by molar-refractivity contribution is 5.86. The van der Waals surface area contributed by atoms with Gasteiger partial charge in [-0.25, -0.2) is 4.98 Å². The van der Waals surface area contributed by atoms with Crippen LogP contribution in [0.25, 0.3) is 28.2 Å². The van der Waals surface area contributed by atoms with E-state index in [-0.39, 0.29) is 5.56 Å². The largest absolute Gasteiger partial charge is 0.417 e. The Labute approximate surface area is 161 Å². The van der Waals surface area contributed by atoms with Gasteiger partial charge in [0.05, 0.1) is 16.6 Å². The maximum absolute atomic E-state index is 13.4. The van der Waals surface area contributed by atoms with Crippen molar-refractivity contribution >= 4 is 17.1 Å². The molecule has 0 aliphatic carbocycles. The average molecular weight is 386 g/mol. The molecular formula is C22H21F3N2O. The molecule has 1 aromatic heterocycles. The van der Waals surface area contributed by atoms with Gasteiger partial charge in [-0.15, -0.1) is 0 Å². The van der Waals surface area contributed by atoms with Crippen LogP contribution < -0.4 is 0 Å². The molecule has 28 heavy (non-hydrogen) atoms. The van der Waals surface area contributed by atoms with Crippen LogP contribution in [0.3, 0.4) is 0 Å². The molecule has 1 fully saturated rings. The van der Waals surface area contributed by atoms with E-state index in [1.807, 2.05) is 13.0 Å². The molecule has 3 aromatic rings. The molecule has 6 heteroatoms. The number of hydrogen-bond donors (Lipinski definition) is 1. The Morgan fingerprint density at radius 1 is 1.14 bits per heavy atom. The monoisotopic (exact) mass is 386 g/mol. The summed E-state index contributed by atoms with van der Waals surface area (Å²) in [6.07, 6.45) is 1.68. The van der Waals surface area contributed by atoms with Gasteiger partial charge in [0.2, 0.25) is 0 Å². The van der Waals surface area contributed by atoms with E-state index >= 15 is 0 Å². The lowest BCUT2D eigenvalue weighted by molar-refractivity contribution is -0.137. The van der Waals surface area contributed by atoms with Crippen LogP contribution in [0.1, 0.15) is 29.8 Å². The number of benzene rings is 2. The summed E-state index contributed by atoms with van der Waals surface area (Å²) in [5.41, 5.74) is 2.42. The van der Waals surface area contributed by atoms with Crippen molar-refractivity contribution in [2.75, 3.05) is 13.2 Å². The van der Waals surface area contributed by atoms with Crippen molar-refractivity contribution in [1.82, 2.24) is 9.97 Å². The zero-order chi connectivity index (χ0) is 19.7. The van der Waals surface area contributed by atoms with Gasteiger partial charge in [-0.05, 0) is 66.6 Å². The molecule has 2 heterocycles. The van der Waals surface area contributed by atoms with E-state index in [1.165, 1.54) is 12.1 Å². The lowest BCUT2D eigenvalue weighted by Gasteiger charge is -2.18. The molecule has 0 unspecified atom stereocenters. The Kier molecular flexibility index (Phi) is 4.98. The van der Waals surface area contributed by atoms with E-state index in [0.29, 0.717) is 17.3 Å². The fourth-order valence-corrected chi connectivity index (χ4v) is 3.66. The first kappa shape index (κ1) is 18.7. The van der Waals surface area contributed by atoms with Crippen molar-refractivity contribution in [1.29, 1.82) is 0 Å². The summed E-state index contributed by atoms with van der Waals surface area (Å²) in [6, 6.07) is 9.16. The molecular weight excluding hydrogens is 365 g/mol. The molecule has 0 bridgehead atoms. The Bertz CT molecular complexity index is 1010. The van der Waals surface area contributed by atoms with E-state index in [9.17, 15) is 13.2 Å². The molecule has 0 atom stereocenters. The number of fused-ring (bicyclic) bond motifs is 1. The minimum atomic E-state index is -4.40. The van der Waals surface area contributed by atoms with E-state index in [1.54, 1.807) is 18.2 Å². The van der Waals surface area contributed by atoms with E-state index < -0.39 is 11.7 Å². The van der Waals surface area contributed by atoms with E-state index in [0.717, 1.165) is 48.7 Å². The first-order valence-electron chi connectivity index (χ1n) is 9.35. The predicted molar refractivity (Wildman–Crippen MR) is 104 cm³/mol. The highest BCUT2D eigenvalue weighted by Gasteiger charge is 2.33. The van der Waals surface area contributed by atoms with Crippen LogP contribution in [-0.4, -0.2) is 23.2 Å². The number of rotatable bonds is 3. The lowest BCUT2D eigenvalue weighted by atomic mass is 9.97. The number of H-pyrrole nitrogens is 1. The number of halogens is 3. The summed E-state index contributed by atoms with van der Waals surface area (Å²) >= 11 is 0. The van der Waals surface area contributed by atoms with E-state index in [4.69, 9.17) is 4.74 Å². The highest BCUT2D eigenvalue weighted by Crippen LogP contribution is 2.38. The third-order valence-corrected chi connectivity index (χ3v) is 5.13. The summed E-state index contributed by atoms with van der Waals surface area (Å²) in [5.74, 6) is 1.18. The number of nitrogens with zero attached hydrogens (tertiary/aromatic N) is 1. The Morgan fingerprint density at radius 3 is 2.64 bits per heavy atom. The number of aryl methyl sites for hydroxylation is 1. The van der Waals surface area contributed by atoms with Gasteiger partial charge in [0.15, 0.2) is 0 Å². The van der Waals surface area contributed by atoms with Gasteiger partial charge in [-0.3, -0.25) is 0 Å². The van der Waals surface area contributed by atoms with Crippen molar-refractivity contribution in [3.05, 3.63) is 59.4 Å². The van der Waals surface area contributed by atoms with Crippen molar-refractivity contribution in [2.45, 2.75) is 25.9 Å². The zero-order valence-electron chi connectivity index (χ0n) is 15.5. The molecule has 0 radical (unpaired) electrons. The standard InChI is InChI=1S/C22H21F3N2O/c1-14-12-16(17-4-2-3-5-18(17)22(23,24)25)13-19-21(14)27-20(26-19)7-6-15-8-10-28-11-9-15/h2-7,12-13,15H,8-11H2,1H3,(H,26,27)/b7-6+. The van der Waals surface area contributed by atoms with Crippen LogP contribution in [0.15, 0.2) is 42.5 Å². The number of imidazole rings is 1. The molecule has 1 saturated heterocycles. The highest BCUT2D eigenvalue weighted by atomic mass is 19.4. The first-order chi connectivity index (χ1) is 13.4. The molecule has 1 aliphatic heterocycles. The first-order valence-corrected chi connectivity index (χ1v) is 9.35. The number of alkyl halides is 3. The molecule has 2 aromatic carbocycles. The van der Waals surface area contributed by atoms with Crippen LogP contribution in [0.2, 0.25) is 0 Å². The fourth-order valence-electron chi connectivity index (χ4n) is 3.66. The maximum atomic E-state index is 13.4.